The van der Waals surface area contributed by atoms with E-state index in [9.17, 15) is 0 Å². The largest absolute Gasteiger partial charge is 0.492 e. The number of hydrogen-bond donors (Lipinski definition) is 1. The van der Waals surface area contributed by atoms with Crippen molar-refractivity contribution in [2.75, 3.05) is 46.5 Å². The van der Waals surface area contributed by atoms with Gasteiger partial charge in [-0.25, -0.2) is 0 Å². The smallest absolute Gasteiger partial charge is 0.119 e. The Bertz CT molecular complexity index is 394. The van der Waals surface area contributed by atoms with E-state index in [2.05, 4.69) is 41.4 Å². The molecular weight excluding hydrogens is 264 g/mol. The SMILES string of the molecule is CCNCc1ccc(OCCN2CCC(COC)C2)cc1. The molecule has 1 aromatic rings. The van der Waals surface area contributed by atoms with Gasteiger partial charge < -0.3 is 14.8 Å². The van der Waals surface area contributed by atoms with Crippen LogP contribution >= 0.6 is 0 Å². The lowest BCUT2D eigenvalue weighted by Gasteiger charge is -2.16. The molecule has 0 aromatic heterocycles. The first-order chi connectivity index (χ1) is 10.3. The summed E-state index contributed by atoms with van der Waals surface area (Å²) in [4.78, 5) is 2.46. The van der Waals surface area contributed by atoms with E-state index in [4.69, 9.17) is 9.47 Å². The van der Waals surface area contributed by atoms with Crippen LogP contribution in [-0.4, -0.2) is 51.4 Å². The second kappa shape index (κ2) is 9.03. The molecule has 0 bridgehead atoms. The second-order valence-electron chi connectivity index (χ2n) is 5.68. The Kier molecular flexibility index (Phi) is 7.00. The van der Waals surface area contributed by atoms with Crippen LogP contribution in [0, 0.1) is 5.92 Å². The molecule has 21 heavy (non-hydrogen) atoms. The number of methoxy groups -OCH3 is 1. The number of benzene rings is 1. The maximum Gasteiger partial charge on any atom is 0.119 e. The van der Waals surface area contributed by atoms with Crippen molar-refractivity contribution in [3.8, 4) is 5.75 Å². The summed E-state index contributed by atoms with van der Waals surface area (Å²) in [7, 11) is 1.78. The normalized spacial score (nSPS) is 19.0. The van der Waals surface area contributed by atoms with Crippen molar-refractivity contribution in [1.29, 1.82) is 0 Å². The van der Waals surface area contributed by atoms with Gasteiger partial charge in [0, 0.05) is 26.7 Å². The molecule has 4 nitrogen and oxygen atoms in total. The maximum atomic E-state index is 5.83. The van der Waals surface area contributed by atoms with Gasteiger partial charge in [-0.05, 0) is 43.1 Å². The maximum absolute atomic E-state index is 5.83. The standard InChI is InChI=1S/C17H28N2O2/c1-3-18-12-15-4-6-17(7-5-15)21-11-10-19-9-8-16(13-19)14-20-2/h4-7,16,18H,3,8-14H2,1-2H3. The summed E-state index contributed by atoms with van der Waals surface area (Å²) < 4.78 is 11.1. The van der Waals surface area contributed by atoms with E-state index in [0.717, 1.165) is 45.1 Å². The summed E-state index contributed by atoms with van der Waals surface area (Å²) in [5.41, 5.74) is 1.30. The van der Waals surface area contributed by atoms with Crippen molar-refractivity contribution < 1.29 is 9.47 Å². The topological polar surface area (TPSA) is 33.7 Å². The first kappa shape index (κ1) is 16.3. The van der Waals surface area contributed by atoms with Gasteiger partial charge in [0.1, 0.15) is 12.4 Å². The zero-order valence-corrected chi connectivity index (χ0v) is 13.3. The molecule has 1 atom stereocenters. The quantitative estimate of drug-likeness (QED) is 0.756. The lowest BCUT2D eigenvalue weighted by Crippen LogP contribution is -2.26. The number of rotatable bonds is 9. The fourth-order valence-electron chi connectivity index (χ4n) is 2.75. The van der Waals surface area contributed by atoms with E-state index in [1.54, 1.807) is 7.11 Å². The minimum atomic E-state index is 0.695. The highest BCUT2D eigenvalue weighted by Gasteiger charge is 2.21. The first-order valence-electron chi connectivity index (χ1n) is 7.95. The molecule has 1 aliphatic rings. The van der Waals surface area contributed by atoms with Crippen LogP contribution in [-0.2, 0) is 11.3 Å². The van der Waals surface area contributed by atoms with E-state index >= 15 is 0 Å². The van der Waals surface area contributed by atoms with Gasteiger partial charge in [0.2, 0.25) is 0 Å². The fourth-order valence-corrected chi connectivity index (χ4v) is 2.75. The Hall–Kier alpha value is -1.10. The van der Waals surface area contributed by atoms with E-state index in [1.807, 2.05) is 0 Å². The molecule has 1 aliphatic heterocycles. The molecule has 1 N–H and O–H groups in total. The summed E-state index contributed by atoms with van der Waals surface area (Å²) in [6, 6.07) is 8.37. The minimum absolute atomic E-state index is 0.695. The van der Waals surface area contributed by atoms with E-state index < -0.39 is 0 Å². The van der Waals surface area contributed by atoms with Crippen molar-refractivity contribution in [3.63, 3.8) is 0 Å². The average molecular weight is 292 g/mol. The zero-order valence-electron chi connectivity index (χ0n) is 13.3. The zero-order chi connectivity index (χ0) is 14.9. The Balaban J connectivity index is 1.64. The molecule has 0 radical (unpaired) electrons. The Morgan fingerprint density at radius 3 is 2.81 bits per heavy atom. The molecule has 1 saturated heterocycles. The van der Waals surface area contributed by atoms with Crippen LogP contribution in [0.1, 0.15) is 18.9 Å². The number of nitrogens with one attached hydrogen (secondary N) is 1. The lowest BCUT2D eigenvalue weighted by molar-refractivity contribution is 0.150. The second-order valence-corrected chi connectivity index (χ2v) is 5.68. The predicted molar refractivity (Wildman–Crippen MR) is 85.7 cm³/mol. The first-order valence-corrected chi connectivity index (χ1v) is 7.95. The molecule has 0 saturated carbocycles. The van der Waals surface area contributed by atoms with E-state index in [1.165, 1.54) is 18.5 Å². The average Bonchev–Trinajstić information content (AvgIpc) is 2.94. The molecular formula is C17H28N2O2. The molecule has 1 heterocycles. The summed E-state index contributed by atoms with van der Waals surface area (Å²) in [6.07, 6.45) is 1.24. The summed E-state index contributed by atoms with van der Waals surface area (Å²) >= 11 is 0. The van der Waals surface area contributed by atoms with Crippen LogP contribution in [0.4, 0.5) is 0 Å². The monoisotopic (exact) mass is 292 g/mol. The molecule has 2 rings (SSSR count). The third kappa shape index (κ3) is 5.65. The predicted octanol–water partition coefficient (Wildman–Crippen LogP) is 2.14. The van der Waals surface area contributed by atoms with Crippen molar-refractivity contribution in [2.45, 2.75) is 19.9 Å². The number of ether oxygens (including phenoxy) is 2. The van der Waals surface area contributed by atoms with Gasteiger partial charge in [-0.3, -0.25) is 4.90 Å². The van der Waals surface area contributed by atoms with Crippen LogP contribution < -0.4 is 10.1 Å². The van der Waals surface area contributed by atoms with Gasteiger partial charge in [0.25, 0.3) is 0 Å². The molecule has 118 valence electrons. The third-order valence-electron chi connectivity index (χ3n) is 3.95. The molecule has 4 heteroatoms. The molecule has 1 unspecified atom stereocenters. The Morgan fingerprint density at radius 2 is 2.10 bits per heavy atom. The van der Waals surface area contributed by atoms with E-state index in [-0.39, 0.29) is 0 Å². The molecule has 0 spiro atoms. The molecule has 0 amide bonds. The van der Waals surface area contributed by atoms with Gasteiger partial charge in [-0.1, -0.05) is 19.1 Å². The number of likely N-dealkylation sites (tertiary alicyclic amines) is 1. The third-order valence-corrected chi connectivity index (χ3v) is 3.95. The summed E-state index contributed by atoms with van der Waals surface area (Å²) in [6.45, 7) is 8.98. The Labute approximate surface area is 128 Å². The number of nitrogens with zero attached hydrogens (tertiary/aromatic N) is 1. The summed E-state index contributed by atoms with van der Waals surface area (Å²) in [5, 5.41) is 3.32. The van der Waals surface area contributed by atoms with Gasteiger partial charge in [-0.15, -0.1) is 0 Å². The fraction of sp³-hybridized carbons (Fsp3) is 0.647. The van der Waals surface area contributed by atoms with Crippen molar-refractivity contribution in [1.82, 2.24) is 10.2 Å². The highest BCUT2D eigenvalue weighted by molar-refractivity contribution is 5.27. The van der Waals surface area contributed by atoms with Crippen molar-refractivity contribution in [2.24, 2.45) is 5.92 Å². The minimum Gasteiger partial charge on any atom is -0.492 e. The van der Waals surface area contributed by atoms with E-state index in [0.29, 0.717) is 5.92 Å². The molecule has 1 fully saturated rings. The summed E-state index contributed by atoms with van der Waals surface area (Å²) in [5.74, 6) is 1.66. The Morgan fingerprint density at radius 1 is 1.29 bits per heavy atom. The number of hydrogen-bond acceptors (Lipinski definition) is 4. The van der Waals surface area contributed by atoms with Crippen LogP contribution in [0.5, 0.6) is 5.75 Å². The van der Waals surface area contributed by atoms with Crippen molar-refractivity contribution >= 4 is 0 Å². The van der Waals surface area contributed by atoms with Gasteiger partial charge >= 0.3 is 0 Å². The van der Waals surface area contributed by atoms with Gasteiger partial charge in [-0.2, -0.15) is 0 Å². The highest BCUT2D eigenvalue weighted by atomic mass is 16.5. The lowest BCUT2D eigenvalue weighted by atomic mass is 10.1. The van der Waals surface area contributed by atoms with Crippen LogP contribution in [0.2, 0.25) is 0 Å². The molecule has 0 aliphatic carbocycles. The highest BCUT2D eigenvalue weighted by Crippen LogP contribution is 2.16. The van der Waals surface area contributed by atoms with Gasteiger partial charge in [0.15, 0.2) is 0 Å². The van der Waals surface area contributed by atoms with Gasteiger partial charge in [0.05, 0.1) is 6.61 Å². The van der Waals surface area contributed by atoms with Crippen LogP contribution in [0.15, 0.2) is 24.3 Å². The molecule has 1 aromatic carbocycles. The van der Waals surface area contributed by atoms with Crippen LogP contribution in [0.25, 0.3) is 0 Å². The van der Waals surface area contributed by atoms with Crippen LogP contribution in [0.3, 0.4) is 0 Å². The van der Waals surface area contributed by atoms with Crippen molar-refractivity contribution in [3.05, 3.63) is 29.8 Å².